The Kier molecular flexibility index (Phi) is 7.54. The number of nitrogens with zero attached hydrogens (tertiary/aromatic N) is 5. The van der Waals surface area contributed by atoms with E-state index in [0.29, 0.717) is 50.8 Å². The zero-order valence-corrected chi connectivity index (χ0v) is 17.1. The molecule has 0 radical (unpaired) electrons. The highest BCUT2D eigenvalue weighted by atomic mass is 16.5. The smallest absolute Gasteiger partial charge is 0.241 e. The van der Waals surface area contributed by atoms with Gasteiger partial charge in [-0.3, -0.25) is 19.4 Å². The summed E-state index contributed by atoms with van der Waals surface area (Å²) in [6.45, 7) is 5.49. The number of hydrogen-bond acceptors (Lipinski definition) is 7. The number of nitriles is 1. The molecular weight excluding hydrogens is 384 g/mol. The van der Waals surface area contributed by atoms with Crippen LogP contribution in [-0.4, -0.2) is 72.6 Å². The third kappa shape index (κ3) is 6.14. The third-order valence-corrected chi connectivity index (χ3v) is 4.90. The number of hydrogen-bond donors (Lipinski definition) is 1. The maximum Gasteiger partial charge on any atom is 0.241 e. The van der Waals surface area contributed by atoms with Crippen LogP contribution in [0.3, 0.4) is 0 Å². The molecule has 0 unspecified atom stereocenters. The molecule has 9 heteroatoms. The Balaban J connectivity index is 1.46. The minimum atomic E-state index is -0.139. The molecular formula is C21H26N6O3. The van der Waals surface area contributed by atoms with Crippen LogP contribution in [0.4, 0.5) is 11.5 Å². The van der Waals surface area contributed by atoms with Gasteiger partial charge in [-0.25, -0.2) is 0 Å². The van der Waals surface area contributed by atoms with Crippen LogP contribution in [0.2, 0.25) is 0 Å². The number of aryl methyl sites for hydroxylation is 1. The van der Waals surface area contributed by atoms with Crippen LogP contribution >= 0.6 is 0 Å². The summed E-state index contributed by atoms with van der Waals surface area (Å²) in [6, 6.07) is 13.2. The first kappa shape index (κ1) is 21.5. The largest absolute Gasteiger partial charge is 0.360 e. The molecule has 158 valence electrons. The number of amides is 2. The first-order valence-corrected chi connectivity index (χ1v) is 9.95. The minimum Gasteiger partial charge on any atom is -0.360 e. The lowest BCUT2D eigenvalue weighted by molar-refractivity contribution is -0.121. The fourth-order valence-electron chi connectivity index (χ4n) is 3.36. The van der Waals surface area contributed by atoms with E-state index in [1.165, 1.54) is 0 Å². The second-order valence-corrected chi connectivity index (χ2v) is 7.21. The van der Waals surface area contributed by atoms with Crippen LogP contribution in [0.15, 0.2) is 40.9 Å². The van der Waals surface area contributed by atoms with Crippen molar-refractivity contribution in [3.63, 3.8) is 0 Å². The summed E-state index contributed by atoms with van der Waals surface area (Å²) in [5.74, 6) is 0.895. The number of carbonyl (C=O) groups is 2. The maximum atomic E-state index is 12.9. The fraction of sp³-hybridized carbons (Fsp3) is 0.429. The second kappa shape index (κ2) is 10.5. The summed E-state index contributed by atoms with van der Waals surface area (Å²) in [7, 11) is 0. The van der Waals surface area contributed by atoms with Crippen molar-refractivity contribution in [1.82, 2.24) is 15.0 Å². The topological polar surface area (TPSA) is 106 Å². The molecule has 3 rings (SSSR count). The van der Waals surface area contributed by atoms with Gasteiger partial charge in [0, 0.05) is 44.5 Å². The zero-order chi connectivity index (χ0) is 21.3. The van der Waals surface area contributed by atoms with Crippen molar-refractivity contribution in [3.05, 3.63) is 42.2 Å². The highest BCUT2D eigenvalue weighted by molar-refractivity contribution is 5.94. The van der Waals surface area contributed by atoms with E-state index in [1.54, 1.807) is 17.9 Å². The predicted molar refractivity (Wildman–Crippen MR) is 112 cm³/mol. The van der Waals surface area contributed by atoms with Gasteiger partial charge in [0.25, 0.3) is 0 Å². The highest BCUT2D eigenvalue weighted by Crippen LogP contribution is 2.15. The Morgan fingerprint density at radius 3 is 2.43 bits per heavy atom. The van der Waals surface area contributed by atoms with Crippen molar-refractivity contribution in [2.24, 2.45) is 0 Å². The fourth-order valence-corrected chi connectivity index (χ4v) is 3.36. The van der Waals surface area contributed by atoms with Crippen molar-refractivity contribution in [2.45, 2.75) is 13.3 Å². The van der Waals surface area contributed by atoms with E-state index in [0.717, 1.165) is 5.69 Å². The number of para-hydroxylation sites is 1. The molecule has 9 nitrogen and oxygen atoms in total. The SMILES string of the molecule is Cc1cc(NC(=O)CN2CCN(CC(=O)N(CCC#N)c3ccccc3)CC2)no1. The molecule has 0 saturated carbocycles. The predicted octanol–water partition coefficient (Wildman–Crippen LogP) is 1.49. The van der Waals surface area contributed by atoms with Gasteiger partial charge in [0.15, 0.2) is 5.82 Å². The second-order valence-electron chi connectivity index (χ2n) is 7.21. The van der Waals surface area contributed by atoms with E-state index >= 15 is 0 Å². The van der Waals surface area contributed by atoms with Gasteiger partial charge in [-0.1, -0.05) is 23.4 Å². The summed E-state index contributed by atoms with van der Waals surface area (Å²) in [5, 5.41) is 15.4. The molecule has 30 heavy (non-hydrogen) atoms. The quantitative estimate of drug-likeness (QED) is 0.703. The van der Waals surface area contributed by atoms with E-state index < -0.39 is 0 Å². The number of anilines is 2. The number of rotatable bonds is 8. The summed E-state index contributed by atoms with van der Waals surface area (Å²) in [4.78, 5) is 30.8. The molecule has 1 fully saturated rings. The Morgan fingerprint density at radius 1 is 1.17 bits per heavy atom. The van der Waals surface area contributed by atoms with Gasteiger partial charge in [-0.2, -0.15) is 5.26 Å². The number of piperazine rings is 1. The first-order chi connectivity index (χ1) is 14.5. The minimum absolute atomic E-state index is 0.0240. The molecule has 1 aliphatic heterocycles. The number of nitrogens with one attached hydrogen (secondary N) is 1. The Morgan fingerprint density at radius 2 is 1.83 bits per heavy atom. The molecule has 2 heterocycles. The molecule has 1 N–H and O–H groups in total. The molecule has 1 aliphatic rings. The van der Waals surface area contributed by atoms with Crippen molar-refractivity contribution < 1.29 is 14.1 Å². The van der Waals surface area contributed by atoms with E-state index in [9.17, 15) is 9.59 Å². The van der Waals surface area contributed by atoms with Crippen molar-refractivity contribution in [2.75, 3.05) is 56.0 Å². The maximum absolute atomic E-state index is 12.9. The average Bonchev–Trinajstić information content (AvgIpc) is 3.15. The van der Waals surface area contributed by atoms with Crippen molar-refractivity contribution >= 4 is 23.3 Å². The van der Waals surface area contributed by atoms with E-state index in [-0.39, 0.29) is 24.8 Å². The van der Waals surface area contributed by atoms with Gasteiger partial charge in [-0.05, 0) is 19.1 Å². The normalized spacial score (nSPS) is 14.8. The summed E-state index contributed by atoms with van der Waals surface area (Å²) in [5.41, 5.74) is 0.802. The van der Waals surface area contributed by atoms with Crippen molar-refractivity contribution in [1.29, 1.82) is 5.26 Å². The molecule has 0 atom stereocenters. The van der Waals surface area contributed by atoms with Crippen LogP contribution in [0.1, 0.15) is 12.2 Å². The van der Waals surface area contributed by atoms with Crippen LogP contribution in [0, 0.1) is 18.3 Å². The molecule has 1 saturated heterocycles. The summed E-state index contributed by atoms with van der Waals surface area (Å²) < 4.78 is 4.94. The van der Waals surface area contributed by atoms with Crippen molar-refractivity contribution in [3.8, 4) is 6.07 Å². The van der Waals surface area contributed by atoms with E-state index in [4.69, 9.17) is 9.78 Å². The zero-order valence-electron chi connectivity index (χ0n) is 17.1. The number of carbonyl (C=O) groups excluding carboxylic acids is 2. The lowest BCUT2D eigenvalue weighted by Crippen LogP contribution is -2.51. The Hall–Kier alpha value is -3.22. The Bertz CT molecular complexity index is 884. The monoisotopic (exact) mass is 410 g/mol. The van der Waals surface area contributed by atoms with Gasteiger partial charge in [0.05, 0.1) is 25.6 Å². The standard InChI is InChI=1S/C21H26N6O3/c1-17-14-19(24-30-17)23-20(28)15-25-10-12-26(13-11-25)16-21(29)27(9-5-8-22)18-6-3-2-4-7-18/h2-4,6-7,14H,5,9-13,15-16H2,1H3,(H,23,24,28). The van der Waals surface area contributed by atoms with Gasteiger partial charge in [0.2, 0.25) is 11.8 Å². The molecule has 0 spiro atoms. The van der Waals surface area contributed by atoms with Gasteiger partial charge in [-0.15, -0.1) is 0 Å². The molecule has 0 aliphatic carbocycles. The lowest BCUT2D eigenvalue weighted by Gasteiger charge is -2.35. The number of aromatic nitrogens is 1. The van der Waals surface area contributed by atoms with Gasteiger partial charge < -0.3 is 14.7 Å². The van der Waals surface area contributed by atoms with E-state index in [1.807, 2.05) is 35.2 Å². The third-order valence-electron chi connectivity index (χ3n) is 4.90. The lowest BCUT2D eigenvalue weighted by atomic mass is 10.2. The molecule has 2 amide bonds. The Labute approximate surface area is 175 Å². The van der Waals surface area contributed by atoms with E-state index in [2.05, 4.69) is 21.4 Å². The van der Waals surface area contributed by atoms with Gasteiger partial charge in [0.1, 0.15) is 5.76 Å². The summed E-state index contributed by atoms with van der Waals surface area (Å²) >= 11 is 0. The molecule has 0 bridgehead atoms. The molecule has 1 aromatic carbocycles. The van der Waals surface area contributed by atoms with Crippen LogP contribution < -0.4 is 10.2 Å². The highest BCUT2D eigenvalue weighted by Gasteiger charge is 2.23. The number of benzene rings is 1. The van der Waals surface area contributed by atoms with Crippen LogP contribution in [0.5, 0.6) is 0 Å². The average molecular weight is 410 g/mol. The molecule has 1 aromatic heterocycles. The first-order valence-electron chi connectivity index (χ1n) is 9.95. The van der Waals surface area contributed by atoms with Crippen LogP contribution in [0.25, 0.3) is 0 Å². The summed E-state index contributed by atoms with van der Waals surface area (Å²) in [6.07, 6.45) is 0.286. The molecule has 2 aromatic rings. The van der Waals surface area contributed by atoms with Crippen LogP contribution in [-0.2, 0) is 9.59 Å². The van der Waals surface area contributed by atoms with Gasteiger partial charge >= 0.3 is 0 Å².